The zero-order valence-electron chi connectivity index (χ0n) is 15.7. The molecule has 0 aliphatic carbocycles. The van der Waals surface area contributed by atoms with Crippen molar-refractivity contribution in [2.75, 3.05) is 19.7 Å². The summed E-state index contributed by atoms with van der Waals surface area (Å²) in [6.45, 7) is 1.96. The van der Waals surface area contributed by atoms with Crippen LogP contribution in [0.5, 0.6) is 11.5 Å². The van der Waals surface area contributed by atoms with Crippen molar-refractivity contribution >= 4 is 16.7 Å². The lowest BCUT2D eigenvalue weighted by atomic mass is 9.93. The minimum Gasteiger partial charge on any atom is -0.457 e. The molecule has 5 nitrogen and oxygen atoms in total. The molecule has 5 rings (SSSR count). The number of ether oxygens (including phenoxy) is 2. The molecule has 28 heavy (non-hydrogen) atoms. The highest BCUT2D eigenvalue weighted by Crippen LogP contribution is 2.38. The Morgan fingerprint density at radius 2 is 1.96 bits per heavy atom. The number of H-pyrrole nitrogens is 1. The molecule has 2 aliphatic rings. The van der Waals surface area contributed by atoms with Crippen molar-refractivity contribution in [2.24, 2.45) is 0 Å². The number of β-amino-alcohol motifs (C(OH)–C–C–N with tert-alkyl or cyclic N) is 1. The highest BCUT2D eigenvalue weighted by atomic mass is 16.6. The normalized spacial score (nSPS) is 19.6. The lowest BCUT2D eigenvalue weighted by Crippen LogP contribution is -2.35. The number of aliphatic hydroxyl groups is 1. The summed E-state index contributed by atoms with van der Waals surface area (Å²) in [5.74, 6) is 2.13. The van der Waals surface area contributed by atoms with Crippen molar-refractivity contribution in [3.63, 3.8) is 0 Å². The van der Waals surface area contributed by atoms with Crippen molar-refractivity contribution < 1.29 is 14.6 Å². The van der Waals surface area contributed by atoms with Gasteiger partial charge < -0.3 is 19.6 Å². The summed E-state index contributed by atoms with van der Waals surface area (Å²) in [7, 11) is 0. The van der Waals surface area contributed by atoms with Gasteiger partial charge in [-0.15, -0.1) is 0 Å². The van der Waals surface area contributed by atoms with Gasteiger partial charge in [0.05, 0.1) is 12.3 Å². The van der Waals surface area contributed by atoms with Gasteiger partial charge in [0.2, 0.25) is 0 Å². The van der Waals surface area contributed by atoms with Gasteiger partial charge in [0.25, 0.3) is 0 Å². The number of hydrogen-bond donors (Lipinski definition) is 2. The van der Waals surface area contributed by atoms with Gasteiger partial charge in [0, 0.05) is 23.5 Å². The van der Waals surface area contributed by atoms with E-state index in [2.05, 4.69) is 34.1 Å². The van der Waals surface area contributed by atoms with E-state index >= 15 is 0 Å². The molecule has 2 aromatic carbocycles. The maximum absolute atomic E-state index is 9.47. The molecule has 3 aromatic rings. The number of benzene rings is 2. The standard InChI is InChI=1S/C23H24N2O3/c26-13-12-25-11-4-3-8-20(25)16-6-5-7-18-17(16)14-19(24-18)23-15-27-21-9-1-2-10-22(21)28-23/h1-2,5-7,9-10,14-15,20,24,26H,3-4,8,11-13H2. The second-order valence-electron chi connectivity index (χ2n) is 7.41. The van der Waals surface area contributed by atoms with Gasteiger partial charge in [0.15, 0.2) is 17.3 Å². The van der Waals surface area contributed by atoms with Crippen molar-refractivity contribution in [1.29, 1.82) is 0 Å². The number of nitrogens with zero attached hydrogens (tertiary/aromatic N) is 1. The molecule has 0 bridgehead atoms. The predicted molar refractivity (Wildman–Crippen MR) is 109 cm³/mol. The number of aliphatic hydroxyl groups excluding tert-OH is 1. The van der Waals surface area contributed by atoms with Crippen LogP contribution in [0.4, 0.5) is 0 Å². The smallest absolute Gasteiger partial charge is 0.186 e. The molecule has 144 valence electrons. The minimum absolute atomic E-state index is 0.197. The second kappa shape index (κ2) is 7.34. The van der Waals surface area contributed by atoms with E-state index in [0.29, 0.717) is 11.8 Å². The molecule has 3 heterocycles. The van der Waals surface area contributed by atoms with E-state index < -0.39 is 0 Å². The predicted octanol–water partition coefficient (Wildman–Crippen LogP) is 4.46. The molecule has 0 spiro atoms. The first-order valence-electron chi connectivity index (χ1n) is 9.94. The molecule has 1 atom stereocenters. The van der Waals surface area contributed by atoms with E-state index in [4.69, 9.17) is 9.47 Å². The minimum atomic E-state index is 0.197. The van der Waals surface area contributed by atoms with Crippen LogP contribution < -0.4 is 9.47 Å². The number of rotatable bonds is 4. The van der Waals surface area contributed by atoms with Crippen LogP contribution in [0.3, 0.4) is 0 Å². The van der Waals surface area contributed by atoms with Crippen molar-refractivity contribution in [2.45, 2.75) is 25.3 Å². The quantitative estimate of drug-likeness (QED) is 0.706. The van der Waals surface area contributed by atoms with E-state index in [9.17, 15) is 5.11 Å². The van der Waals surface area contributed by atoms with Crippen molar-refractivity contribution in [1.82, 2.24) is 9.88 Å². The van der Waals surface area contributed by atoms with E-state index in [1.165, 1.54) is 23.8 Å². The molecule has 0 amide bonds. The Labute approximate surface area is 164 Å². The van der Waals surface area contributed by atoms with Crippen molar-refractivity contribution in [3.05, 3.63) is 66.1 Å². The molecule has 1 unspecified atom stereocenters. The van der Waals surface area contributed by atoms with Gasteiger partial charge in [-0.2, -0.15) is 0 Å². The van der Waals surface area contributed by atoms with Gasteiger partial charge in [-0.05, 0) is 49.2 Å². The van der Waals surface area contributed by atoms with E-state index in [0.717, 1.165) is 42.2 Å². The summed E-state index contributed by atoms with van der Waals surface area (Å²) < 4.78 is 11.8. The molecule has 1 saturated heterocycles. The topological polar surface area (TPSA) is 57.7 Å². The van der Waals surface area contributed by atoms with Gasteiger partial charge in [-0.1, -0.05) is 30.7 Å². The van der Waals surface area contributed by atoms with Crippen LogP contribution in [0, 0.1) is 0 Å². The molecule has 2 aliphatic heterocycles. The molecule has 0 saturated carbocycles. The Kier molecular flexibility index (Phi) is 4.55. The monoisotopic (exact) mass is 376 g/mol. The zero-order chi connectivity index (χ0) is 18.9. The Balaban J connectivity index is 1.50. The summed E-state index contributed by atoms with van der Waals surface area (Å²) in [4.78, 5) is 5.88. The third-order valence-corrected chi connectivity index (χ3v) is 5.69. The summed E-state index contributed by atoms with van der Waals surface area (Å²) >= 11 is 0. The fraction of sp³-hybridized carbons (Fsp3) is 0.304. The lowest BCUT2D eigenvalue weighted by Gasteiger charge is -2.36. The third-order valence-electron chi connectivity index (χ3n) is 5.69. The molecular formula is C23H24N2O3. The number of aromatic amines is 1. The second-order valence-corrected chi connectivity index (χ2v) is 7.41. The zero-order valence-corrected chi connectivity index (χ0v) is 15.7. The Morgan fingerprint density at radius 3 is 2.86 bits per heavy atom. The number of hydrogen-bond acceptors (Lipinski definition) is 4. The summed E-state index contributed by atoms with van der Waals surface area (Å²) in [5, 5.41) is 10.7. The molecule has 1 aromatic heterocycles. The number of nitrogens with one attached hydrogen (secondary N) is 1. The first kappa shape index (κ1) is 17.3. The highest BCUT2D eigenvalue weighted by molar-refractivity contribution is 5.87. The van der Waals surface area contributed by atoms with Crippen LogP contribution in [0.15, 0.2) is 54.8 Å². The van der Waals surface area contributed by atoms with Crippen LogP contribution in [0.1, 0.15) is 36.6 Å². The number of piperidine rings is 1. The molecule has 5 heteroatoms. The van der Waals surface area contributed by atoms with Crippen LogP contribution in [-0.2, 0) is 0 Å². The van der Waals surface area contributed by atoms with Crippen molar-refractivity contribution in [3.8, 4) is 11.5 Å². The van der Waals surface area contributed by atoms with E-state index in [1.54, 1.807) is 6.26 Å². The Morgan fingerprint density at radius 1 is 1.07 bits per heavy atom. The molecule has 2 N–H and O–H groups in total. The fourth-order valence-corrected chi connectivity index (χ4v) is 4.35. The van der Waals surface area contributed by atoms with E-state index in [1.807, 2.05) is 24.3 Å². The number of likely N-dealkylation sites (tertiary alicyclic amines) is 1. The lowest BCUT2D eigenvalue weighted by molar-refractivity contribution is 0.118. The summed E-state index contributed by atoms with van der Waals surface area (Å²) in [6, 6.07) is 16.6. The number of aromatic nitrogens is 1. The van der Waals surface area contributed by atoms with Gasteiger partial charge >= 0.3 is 0 Å². The fourth-order valence-electron chi connectivity index (χ4n) is 4.35. The van der Waals surface area contributed by atoms with E-state index in [-0.39, 0.29) is 6.61 Å². The Bertz CT molecular complexity index is 1020. The third kappa shape index (κ3) is 3.07. The average Bonchev–Trinajstić information content (AvgIpc) is 3.19. The molecular weight excluding hydrogens is 352 g/mol. The summed E-state index contributed by atoms with van der Waals surface area (Å²) in [6.07, 6.45) is 5.20. The van der Waals surface area contributed by atoms with Crippen LogP contribution in [-0.4, -0.2) is 34.7 Å². The van der Waals surface area contributed by atoms with Crippen LogP contribution in [0.2, 0.25) is 0 Å². The van der Waals surface area contributed by atoms with Gasteiger partial charge in [0.1, 0.15) is 6.26 Å². The SMILES string of the molecule is OCCN1CCCCC1c1cccc2[nH]c(C3=COc4ccccc4O3)cc12. The maximum atomic E-state index is 9.47. The first-order valence-corrected chi connectivity index (χ1v) is 9.94. The van der Waals surface area contributed by atoms with Gasteiger partial charge in [-0.3, -0.25) is 4.90 Å². The summed E-state index contributed by atoms with van der Waals surface area (Å²) in [5.41, 5.74) is 3.30. The maximum Gasteiger partial charge on any atom is 0.186 e. The molecule has 1 fully saturated rings. The Hall–Kier alpha value is -2.76. The number of para-hydroxylation sites is 2. The average molecular weight is 376 g/mol. The van der Waals surface area contributed by atoms with Crippen LogP contribution >= 0.6 is 0 Å². The number of fused-ring (bicyclic) bond motifs is 2. The largest absolute Gasteiger partial charge is 0.457 e. The van der Waals surface area contributed by atoms with Gasteiger partial charge in [-0.25, -0.2) is 0 Å². The first-order chi connectivity index (χ1) is 13.8. The highest BCUT2D eigenvalue weighted by Gasteiger charge is 2.26. The molecule has 0 radical (unpaired) electrons. The van der Waals surface area contributed by atoms with Crippen LogP contribution in [0.25, 0.3) is 16.7 Å².